The van der Waals surface area contributed by atoms with Crippen LogP contribution in [0, 0.1) is 11.3 Å². The van der Waals surface area contributed by atoms with E-state index in [4.69, 9.17) is 10.00 Å². The van der Waals surface area contributed by atoms with Crippen molar-refractivity contribution in [3.8, 4) is 11.8 Å². The minimum absolute atomic E-state index is 0.0354. The quantitative estimate of drug-likeness (QED) is 0.873. The van der Waals surface area contributed by atoms with Gasteiger partial charge in [-0.05, 0) is 18.6 Å². The maximum absolute atomic E-state index is 12.1. The van der Waals surface area contributed by atoms with Crippen molar-refractivity contribution in [2.75, 3.05) is 12.4 Å². The first kappa shape index (κ1) is 14.5. The number of carbonyl (C=O) groups is 1. The van der Waals surface area contributed by atoms with Crippen LogP contribution in [0.4, 0.5) is 5.69 Å². The van der Waals surface area contributed by atoms with E-state index in [0.717, 1.165) is 12.8 Å². The van der Waals surface area contributed by atoms with Gasteiger partial charge in [0, 0.05) is 6.42 Å². The first-order valence-electron chi connectivity index (χ1n) is 6.49. The highest BCUT2D eigenvalue weighted by molar-refractivity contribution is 6.03. The zero-order valence-electron chi connectivity index (χ0n) is 11.8. The predicted octanol–water partition coefficient (Wildman–Crippen LogP) is 1.89. The summed E-state index contributed by atoms with van der Waals surface area (Å²) in [5.74, 6) is 0.609. The average molecular weight is 285 g/mol. The molecule has 21 heavy (non-hydrogen) atoms. The van der Waals surface area contributed by atoms with Crippen LogP contribution >= 0.6 is 0 Å². The number of H-pyrrole nitrogens is 1. The molecule has 0 unspecified atom stereocenters. The van der Waals surface area contributed by atoms with E-state index in [2.05, 4.69) is 20.5 Å². The number of nitriles is 1. The van der Waals surface area contributed by atoms with Gasteiger partial charge in [0.1, 0.15) is 23.3 Å². The van der Waals surface area contributed by atoms with Gasteiger partial charge in [-0.15, -0.1) is 5.10 Å². The van der Waals surface area contributed by atoms with E-state index in [0.29, 0.717) is 22.8 Å². The first-order chi connectivity index (χ1) is 10.2. The number of benzene rings is 1. The van der Waals surface area contributed by atoms with Crippen molar-refractivity contribution in [3.05, 3.63) is 35.4 Å². The fourth-order valence-electron chi connectivity index (χ4n) is 1.84. The number of methoxy groups -OCH3 is 1. The lowest BCUT2D eigenvalue weighted by atomic mass is 10.1. The van der Waals surface area contributed by atoms with Crippen LogP contribution in [-0.4, -0.2) is 28.2 Å². The Bertz CT molecular complexity index is 687. The molecule has 0 bridgehead atoms. The molecule has 0 aliphatic rings. The second-order valence-electron chi connectivity index (χ2n) is 4.30. The van der Waals surface area contributed by atoms with E-state index in [1.807, 2.05) is 13.0 Å². The fraction of sp³-hybridized carbons (Fsp3) is 0.286. The van der Waals surface area contributed by atoms with Gasteiger partial charge < -0.3 is 10.1 Å². The van der Waals surface area contributed by atoms with Crippen LogP contribution in [0.15, 0.2) is 18.2 Å². The van der Waals surface area contributed by atoms with Crippen LogP contribution in [0.5, 0.6) is 5.75 Å². The topological polar surface area (TPSA) is 104 Å². The Balaban J connectivity index is 2.25. The molecular weight excluding hydrogens is 270 g/mol. The molecule has 1 heterocycles. The van der Waals surface area contributed by atoms with Crippen LogP contribution < -0.4 is 10.1 Å². The summed E-state index contributed by atoms with van der Waals surface area (Å²) < 4.78 is 5.15. The number of aromatic amines is 1. The third-order valence-corrected chi connectivity index (χ3v) is 2.83. The summed E-state index contributed by atoms with van der Waals surface area (Å²) in [6, 6.07) is 6.95. The molecule has 0 radical (unpaired) electrons. The normalized spacial score (nSPS) is 9.95. The minimum Gasteiger partial charge on any atom is -0.495 e. The number of carbonyl (C=O) groups excluding carboxylic acids is 1. The van der Waals surface area contributed by atoms with Gasteiger partial charge in [0.15, 0.2) is 0 Å². The molecule has 0 fully saturated rings. The Kier molecular flexibility index (Phi) is 4.51. The third kappa shape index (κ3) is 3.17. The molecule has 0 aliphatic heterocycles. The molecule has 2 aromatic rings. The van der Waals surface area contributed by atoms with E-state index in [1.54, 1.807) is 18.2 Å². The van der Waals surface area contributed by atoms with Crippen LogP contribution in [0.3, 0.4) is 0 Å². The molecular formula is C14H15N5O2. The largest absolute Gasteiger partial charge is 0.495 e. The number of aromatic nitrogens is 3. The lowest BCUT2D eigenvalue weighted by Crippen LogP contribution is -2.15. The van der Waals surface area contributed by atoms with E-state index in [-0.39, 0.29) is 5.82 Å². The van der Waals surface area contributed by atoms with Gasteiger partial charge in [-0.2, -0.15) is 5.26 Å². The SMILES string of the molecule is CCCc1nc(C(=O)Nc2c(C#N)cccc2OC)n[nH]1. The molecule has 108 valence electrons. The van der Waals surface area contributed by atoms with E-state index in [9.17, 15) is 4.79 Å². The molecule has 2 N–H and O–H groups in total. The number of amides is 1. The second-order valence-corrected chi connectivity index (χ2v) is 4.30. The number of ether oxygens (including phenoxy) is 1. The summed E-state index contributed by atoms with van der Waals surface area (Å²) in [5, 5.41) is 18.3. The monoisotopic (exact) mass is 285 g/mol. The summed E-state index contributed by atoms with van der Waals surface area (Å²) in [6.07, 6.45) is 1.62. The number of anilines is 1. The number of para-hydroxylation sites is 1. The molecule has 7 nitrogen and oxygen atoms in total. The van der Waals surface area contributed by atoms with Gasteiger partial charge in [-0.25, -0.2) is 4.98 Å². The summed E-state index contributed by atoms with van der Waals surface area (Å²) in [7, 11) is 1.47. The van der Waals surface area contributed by atoms with Gasteiger partial charge in [-0.1, -0.05) is 13.0 Å². The number of nitrogens with one attached hydrogen (secondary N) is 2. The van der Waals surface area contributed by atoms with Crippen molar-refractivity contribution in [2.24, 2.45) is 0 Å². The summed E-state index contributed by atoms with van der Waals surface area (Å²) in [6.45, 7) is 2.01. The molecule has 1 amide bonds. The highest BCUT2D eigenvalue weighted by Crippen LogP contribution is 2.28. The summed E-state index contributed by atoms with van der Waals surface area (Å²) in [5.41, 5.74) is 0.626. The standard InChI is InChI=1S/C14H15N5O2/c1-3-5-11-16-13(19-18-11)14(20)17-12-9(8-15)6-4-7-10(12)21-2/h4,6-7H,3,5H2,1-2H3,(H,17,20)(H,16,18,19). The van der Waals surface area contributed by atoms with Crippen molar-refractivity contribution < 1.29 is 9.53 Å². The minimum atomic E-state index is -0.491. The number of rotatable bonds is 5. The molecule has 1 aromatic heterocycles. The highest BCUT2D eigenvalue weighted by Gasteiger charge is 2.17. The molecule has 0 aliphatic carbocycles. The van der Waals surface area contributed by atoms with Crippen LogP contribution in [0.1, 0.15) is 35.4 Å². The number of hydrogen-bond donors (Lipinski definition) is 2. The van der Waals surface area contributed by atoms with Gasteiger partial charge in [0.05, 0.1) is 12.7 Å². The summed E-state index contributed by atoms with van der Waals surface area (Å²) >= 11 is 0. The van der Waals surface area contributed by atoms with Crippen molar-refractivity contribution in [1.82, 2.24) is 15.2 Å². The van der Waals surface area contributed by atoms with Crippen LogP contribution in [-0.2, 0) is 6.42 Å². The molecule has 0 saturated heterocycles. The van der Waals surface area contributed by atoms with Crippen LogP contribution in [0.2, 0.25) is 0 Å². The molecule has 1 aromatic carbocycles. The smallest absolute Gasteiger partial charge is 0.295 e. The number of hydrogen-bond acceptors (Lipinski definition) is 5. The lowest BCUT2D eigenvalue weighted by Gasteiger charge is -2.10. The van der Waals surface area contributed by atoms with E-state index in [1.165, 1.54) is 7.11 Å². The average Bonchev–Trinajstić information content (AvgIpc) is 2.96. The van der Waals surface area contributed by atoms with Crippen molar-refractivity contribution in [1.29, 1.82) is 5.26 Å². The second kappa shape index (κ2) is 6.52. The van der Waals surface area contributed by atoms with Crippen molar-refractivity contribution >= 4 is 11.6 Å². The Morgan fingerprint density at radius 3 is 3.00 bits per heavy atom. The Hall–Kier alpha value is -2.88. The van der Waals surface area contributed by atoms with Gasteiger partial charge in [0.2, 0.25) is 5.82 Å². The highest BCUT2D eigenvalue weighted by atomic mass is 16.5. The predicted molar refractivity (Wildman–Crippen MR) is 76.0 cm³/mol. The van der Waals surface area contributed by atoms with Crippen molar-refractivity contribution in [2.45, 2.75) is 19.8 Å². The number of aryl methyl sites for hydroxylation is 1. The van der Waals surface area contributed by atoms with Crippen molar-refractivity contribution in [3.63, 3.8) is 0 Å². The van der Waals surface area contributed by atoms with Gasteiger partial charge >= 0.3 is 0 Å². The van der Waals surface area contributed by atoms with Gasteiger partial charge in [-0.3, -0.25) is 9.89 Å². The maximum Gasteiger partial charge on any atom is 0.295 e. The van der Waals surface area contributed by atoms with Gasteiger partial charge in [0.25, 0.3) is 5.91 Å². The Labute approximate surface area is 122 Å². The summed E-state index contributed by atoms with van der Waals surface area (Å²) in [4.78, 5) is 16.3. The van der Waals surface area contributed by atoms with E-state index < -0.39 is 5.91 Å². The third-order valence-electron chi connectivity index (χ3n) is 2.83. The molecule has 0 spiro atoms. The molecule has 7 heteroatoms. The zero-order chi connectivity index (χ0) is 15.2. The zero-order valence-corrected chi connectivity index (χ0v) is 11.8. The maximum atomic E-state index is 12.1. The molecule has 0 saturated carbocycles. The fourth-order valence-corrected chi connectivity index (χ4v) is 1.84. The van der Waals surface area contributed by atoms with E-state index >= 15 is 0 Å². The molecule has 0 atom stereocenters. The molecule has 2 rings (SSSR count). The van der Waals surface area contributed by atoms with Crippen LogP contribution in [0.25, 0.3) is 0 Å². The Morgan fingerprint density at radius 1 is 1.52 bits per heavy atom. The lowest BCUT2D eigenvalue weighted by molar-refractivity contribution is 0.101. The number of nitrogens with zero attached hydrogens (tertiary/aromatic N) is 3. The first-order valence-corrected chi connectivity index (χ1v) is 6.49. The Morgan fingerprint density at radius 2 is 2.33 bits per heavy atom.